The van der Waals surface area contributed by atoms with Crippen molar-refractivity contribution < 1.29 is 4.79 Å². The minimum absolute atomic E-state index is 0.0739. The topological polar surface area (TPSA) is 79.2 Å². The lowest BCUT2D eigenvalue weighted by atomic mass is 10.1. The predicted molar refractivity (Wildman–Crippen MR) is 62.7 cm³/mol. The van der Waals surface area contributed by atoms with Gasteiger partial charge in [0.05, 0.1) is 6.04 Å². The molecule has 0 bridgehead atoms. The number of nitrogens with one attached hydrogen (secondary N) is 3. The Balaban J connectivity index is 3.67. The number of rotatable bonds is 9. The Labute approximate surface area is 92.2 Å². The van der Waals surface area contributed by atoms with Crippen LogP contribution in [0.2, 0.25) is 0 Å². The molecule has 1 amide bonds. The van der Waals surface area contributed by atoms with Gasteiger partial charge in [-0.1, -0.05) is 6.42 Å². The van der Waals surface area contributed by atoms with E-state index in [0.29, 0.717) is 13.1 Å². The first kappa shape index (κ1) is 14.3. The van der Waals surface area contributed by atoms with Crippen LogP contribution in [0.5, 0.6) is 0 Å². The van der Waals surface area contributed by atoms with E-state index >= 15 is 0 Å². The van der Waals surface area contributed by atoms with Gasteiger partial charge >= 0.3 is 0 Å². The third-order valence-electron chi connectivity index (χ3n) is 2.29. The number of hydrogen-bond donors (Lipinski definition) is 4. The van der Waals surface area contributed by atoms with Gasteiger partial charge in [0.15, 0.2) is 0 Å². The molecule has 0 fully saturated rings. The number of amides is 1. The van der Waals surface area contributed by atoms with E-state index in [4.69, 9.17) is 5.73 Å². The van der Waals surface area contributed by atoms with E-state index in [-0.39, 0.29) is 11.9 Å². The molecule has 0 aliphatic rings. The SMILES string of the molecule is CNCCNC(=O)[C@H](CCCCN)NC. The van der Waals surface area contributed by atoms with Crippen LogP contribution in [0.15, 0.2) is 0 Å². The van der Waals surface area contributed by atoms with Crippen LogP contribution in [0.4, 0.5) is 0 Å². The van der Waals surface area contributed by atoms with Gasteiger partial charge in [-0.2, -0.15) is 0 Å². The summed E-state index contributed by atoms with van der Waals surface area (Å²) in [4.78, 5) is 11.6. The second-order valence-electron chi connectivity index (χ2n) is 3.52. The Bertz CT molecular complexity index is 164. The van der Waals surface area contributed by atoms with E-state index in [0.717, 1.165) is 25.8 Å². The summed E-state index contributed by atoms with van der Waals surface area (Å²) in [5, 5.41) is 8.86. The summed E-state index contributed by atoms with van der Waals surface area (Å²) in [6.45, 7) is 2.16. The molecule has 90 valence electrons. The largest absolute Gasteiger partial charge is 0.353 e. The van der Waals surface area contributed by atoms with Gasteiger partial charge in [0.25, 0.3) is 0 Å². The smallest absolute Gasteiger partial charge is 0.237 e. The van der Waals surface area contributed by atoms with Gasteiger partial charge in [-0.05, 0) is 33.5 Å². The van der Waals surface area contributed by atoms with Crippen molar-refractivity contribution in [1.29, 1.82) is 0 Å². The summed E-state index contributed by atoms with van der Waals surface area (Å²) in [7, 11) is 3.67. The number of unbranched alkanes of at least 4 members (excludes halogenated alkanes) is 1. The maximum absolute atomic E-state index is 11.6. The van der Waals surface area contributed by atoms with E-state index in [1.807, 2.05) is 14.1 Å². The van der Waals surface area contributed by atoms with Gasteiger partial charge in [-0.25, -0.2) is 0 Å². The van der Waals surface area contributed by atoms with Crippen LogP contribution >= 0.6 is 0 Å². The maximum atomic E-state index is 11.6. The lowest BCUT2D eigenvalue weighted by molar-refractivity contribution is -0.123. The number of carbonyl (C=O) groups excluding carboxylic acids is 1. The molecule has 5 nitrogen and oxygen atoms in total. The van der Waals surface area contributed by atoms with Crippen molar-refractivity contribution >= 4 is 5.91 Å². The van der Waals surface area contributed by atoms with Gasteiger partial charge in [0.1, 0.15) is 0 Å². The maximum Gasteiger partial charge on any atom is 0.237 e. The van der Waals surface area contributed by atoms with Crippen molar-refractivity contribution in [3.8, 4) is 0 Å². The van der Waals surface area contributed by atoms with Gasteiger partial charge < -0.3 is 21.7 Å². The summed E-state index contributed by atoms with van der Waals surface area (Å²) in [5.41, 5.74) is 5.40. The van der Waals surface area contributed by atoms with E-state index in [9.17, 15) is 4.79 Å². The molecule has 0 aliphatic carbocycles. The molecule has 0 radical (unpaired) electrons. The molecule has 15 heavy (non-hydrogen) atoms. The monoisotopic (exact) mass is 216 g/mol. The molecule has 5 N–H and O–H groups in total. The lowest BCUT2D eigenvalue weighted by Gasteiger charge is -2.15. The Kier molecular flexibility index (Phi) is 9.46. The predicted octanol–water partition coefficient (Wildman–Crippen LogP) is -0.961. The molecule has 0 spiro atoms. The summed E-state index contributed by atoms with van der Waals surface area (Å²) in [5.74, 6) is 0.0739. The fraction of sp³-hybridized carbons (Fsp3) is 0.900. The van der Waals surface area contributed by atoms with Crippen molar-refractivity contribution in [2.75, 3.05) is 33.7 Å². The minimum atomic E-state index is -0.0894. The number of carbonyl (C=O) groups is 1. The van der Waals surface area contributed by atoms with Crippen molar-refractivity contribution in [3.05, 3.63) is 0 Å². The highest BCUT2D eigenvalue weighted by Crippen LogP contribution is 1.99. The fourth-order valence-corrected chi connectivity index (χ4v) is 1.33. The first-order valence-corrected chi connectivity index (χ1v) is 5.56. The van der Waals surface area contributed by atoms with Gasteiger partial charge in [-0.15, -0.1) is 0 Å². The van der Waals surface area contributed by atoms with Crippen LogP contribution < -0.4 is 21.7 Å². The third-order valence-corrected chi connectivity index (χ3v) is 2.29. The normalized spacial score (nSPS) is 12.5. The van der Waals surface area contributed by atoms with Crippen LogP contribution in [0.3, 0.4) is 0 Å². The Morgan fingerprint density at radius 3 is 2.53 bits per heavy atom. The van der Waals surface area contributed by atoms with Crippen molar-refractivity contribution in [2.24, 2.45) is 5.73 Å². The number of nitrogens with two attached hydrogens (primary N) is 1. The zero-order valence-electron chi connectivity index (χ0n) is 9.81. The Morgan fingerprint density at radius 1 is 1.27 bits per heavy atom. The fourth-order valence-electron chi connectivity index (χ4n) is 1.33. The second kappa shape index (κ2) is 9.89. The Morgan fingerprint density at radius 2 is 2.00 bits per heavy atom. The highest BCUT2D eigenvalue weighted by molar-refractivity contribution is 5.81. The van der Waals surface area contributed by atoms with E-state index in [2.05, 4.69) is 16.0 Å². The molecule has 0 saturated heterocycles. The summed E-state index contributed by atoms with van der Waals surface area (Å²) in [6, 6.07) is -0.0894. The van der Waals surface area contributed by atoms with Crippen LogP contribution in [-0.2, 0) is 4.79 Å². The average molecular weight is 216 g/mol. The van der Waals surface area contributed by atoms with Crippen LogP contribution in [0.25, 0.3) is 0 Å². The van der Waals surface area contributed by atoms with Crippen molar-refractivity contribution in [2.45, 2.75) is 25.3 Å². The number of hydrogen-bond acceptors (Lipinski definition) is 4. The summed E-state index contributed by atoms with van der Waals surface area (Å²) in [6.07, 6.45) is 2.81. The van der Waals surface area contributed by atoms with Crippen LogP contribution in [-0.4, -0.2) is 45.7 Å². The standard InChI is InChI=1S/C10H24N4O/c1-12-7-8-14-10(15)9(13-2)5-3-4-6-11/h9,12-13H,3-8,11H2,1-2H3,(H,14,15)/t9-/m0/s1. The molecular formula is C10H24N4O. The summed E-state index contributed by atoms with van der Waals surface area (Å²) >= 11 is 0. The van der Waals surface area contributed by atoms with E-state index < -0.39 is 0 Å². The van der Waals surface area contributed by atoms with Crippen LogP contribution in [0, 0.1) is 0 Å². The molecule has 0 aromatic carbocycles. The third kappa shape index (κ3) is 7.30. The molecule has 1 atom stereocenters. The average Bonchev–Trinajstić information content (AvgIpc) is 2.24. The van der Waals surface area contributed by atoms with Gasteiger partial charge in [0, 0.05) is 13.1 Å². The molecular weight excluding hydrogens is 192 g/mol. The van der Waals surface area contributed by atoms with Crippen molar-refractivity contribution in [1.82, 2.24) is 16.0 Å². The second-order valence-corrected chi connectivity index (χ2v) is 3.52. The molecule has 0 unspecified atom stereocenters. The quantitative estimate of drug-likeness (QED) is 0.374. The Hall–Kier alpha value is -0.650. The molecule has 0 aliphatic heterocycles. The van der Waals surface area contributed by atoms with Crippen molar-refractivity contribution in [3.63, 3.8) is 0 Å². The molecule has 5 heteroatoms. The molecule has 0 heterocycles. The lowest BCUT2D eigenvalue weighted by Crippen LogP contribution is -2.44. The number of likely N-dealkylation sites (N-methyl/N-ethyl adjacent to an activating group) is 2. The minimum Gasteiger partial charge on any atom is -0.353 e. The first-order valence-electron chi connectivity index (χ1n) is 5.56. The zero-order valence-corrected chi connectivity index (χ0v) is 9.81. The van der Waals surface area contributed by atoms with E-state index in [1.165, 1.54) is 0 Å². The summed E-state index contributed by atoms with van der Waals surface area (Å²) < 4.78 is 0. The zero-order chi connectivity index (χ0) is 11.5. The van der Waals surface area contributed by atoms with E-state index in [1.54, 1.807) is 0 Å². The molecule has 0 rings (SSSR count). The van der Waals surface area contributed by atoms with Gasteiger partial charge in [-0.3, -0.25) is 4.79 Å². The van der Waals surface area contributed by atoms with Gasteiger partial charge in [0.2, 0.25) is 5.91 Å². The molecule has 0 aromatic heterocycles. The molecule has 0 saturated carbocycles. The molecule has 0 aromatic rings. The first-order chi connectivity index (χ1) is 7.26. The highest BCUT2D eigenvalue weighted by Gasteiger charge is 2.14. The van der Waals surface area contributed by atoms with Crippen LogP contribution in [0.1, 0.15) is 19.3 Å². The highest BCUT2D eigenvalue weighted by atomic mass is 16.2.